The molecule has 3 rings (SSSR count). The van der Waals surface area contributed by atoms with Crippen LogP contribution in [-0.2, 0) is 0 Å². The summed E-state index contributed by atoms with van der Waals surface area (Å²) in [6.07, 6.45) is 2.29. The van der Waals surface area contributed by atoms with Gasteiger partial charge < -0.3 is 15.4 Å². The maximum atomic E-state index is 12.5. The first-order valence-electron chi connectivity index (χ1n) is 7.81. The highest BCUT2D eigenvalue weighted by Crippen LogP contribution is 2.25. The fourth-order valence-corrected chi connectivity index (χ4v) is 2.23. The molecule has 0 saturated heterocycles. The summed E-state index contributed by atoms with van der Waals surface area (Å²) < 4.78 is 5.52. The number of hydrogen-bond acceptors (Lipinski definition) is 5. The Morgan fingerprint density at radius 2 is 2.09 bits per heavy atom. The molecule has 6 nitrogen and oxygen atoms in total. The molecule has 1 aromatic carbocycles. The fourth-order valence-electron chi connectivity index (χ4n) is 2.23. The SMILES string of the molecule is CCOc1ccccc1NC(=O)c1cc(NC2CC2)nc(C)n1. The zero-order chi connectivity index (χ0) is 16.2. The highest BCUT2D eigenvalue weighted by molar-refractivity contribution is 6.04. The molecule has 2 aromatic rings. The number of hydrogen-bond donors (Lipinski definition) is 2. The minimum Gasteiger partial charge on any atom is -0.492 e. The number of ether oxygens (including phenoxy) is 1. The summed E-state index contributed by atoms with van der Waals surface area (Å²) in [7, 11) is 0. The van der Waals surface area contributed by atoms with Crippen molar-refractivity contribution in [1.82, 2.24) is 9.97 Å². The first-order valence-corrected chi connectivity index (χ1v) is 7.81. The molecular formula is C17H20N4O2. The summed E-state index contributed by atoms with van der Waals surface area (Å²) in [5, 5.41) is 6.14. The Balaban J connectivity index is 1.78. The van der Waals surface area contributed by atoms with E-state index in [1.165, 1.54) is 0 Å². The van der Waals surface area contributed by atoms with E-state index in [-0.39, 0.29) is 5.91 Å². The van der Waals surface area contributed by atoms with Crippen LogP contribution in [0.15, 0.2) is 30.3 Å². The zero-order valence-corrected chi connectivity index (χ0v) is 13.3. The van der Waals surface area contributed by atoms with Crippen molar-refractivity contribution in [3.05, 3.63) is 41.9 Å². The van der Waals surface area contributed by atoms with E-state index in [1.807, 2.05) is 25.1 Å². The molecule has 0 spiro atoms. The first-order chi connectivity index (χ1) is 11.2. The number of carbonyl (C=O) groups excluding carboxylic acids is 1. The van der Waals surface area contributed by atoms with Crippen LogP contribution in [0.25, 0.3) is 0 Å². The minimum absolute atomic E-state index is 0.276. The van der Waals surface area contributed by atoms with Crippen LogP contribution < -0.4 is 15.4 Å². The Morgan fingerprint density at radius 3 is 2.83 bits per heavy atom. The lowest BCUT2D eigenvalue weighted by molar-refractivity contribution is 0.102. The van der Waals surface area contributed by atoms with E-state index in [4.69, 9.17) is 4.74 Å². The topological polar surface area (TPSA) is 76.1 Å². The molecule has 1 amide bonds. The van der Waals surface area contributed by atoms with Crippen LogP contribution in [0, 0.1) is 6.92 Å². The fraction of sp³-hybridized carbons (Fsp3) is 0.353. The molecule has 1 aliphatic carbocycles. The third kappa shape index (κ3) is 3.97. The standard InChI is InChI=1S/C17H20N4O2/c1-3-23-15-7-5-4-6-13(15)21-17(22)14-10-16(19-11(2)18-14)20-12-8-9-12/h4-7,10,12H,3,8-9H2,1-2H3,(H,21,22)(H,18,19,20). The quantitative estimate of drug-likeness (QED) is 0.857. The number of amides is 1. The highest BCUT2D eigenvalue weighted by atomic mass is 16.5. The average molecular weight is 312 g/mol. The third-order valence-electron chi connectivity index (χ3n) is 3.44. The maximum Gasteiger partial charge on any atom is 0.274 e. The Kier molecular flexibility index (Phi) is 4.41. The van der Waals surface area contributed by atoms with Crippen LogP contribution in [0.3, 0.4) is 0 Å². The molecule has 0 atom stereocenters. The molecule has 120 valence electrons. The lowest BCUT2D eigenvalue weighted by Gasteiger charge is -2.12. The second kappa shape index (κ2) is 6.64. The first kappa shape index (κ1) is 15.3. The molecule has 23 heavy (non-hydrogen) atoms. The van der Waals surface area contributed by atoms with Crippen molar-refractivity contribution in [1.29, 1.82) is 0 Å². The normalized spacial score (nSPS) is 13.5. The Hall–Kier alpha value is -2.63. The van der Waals surface area contributed by atoms with Crippen LogP contribution in [0.2, 0.25) is 0 Å². The monoisotopic (exact) mass is 312 g/mol. The molecule has 1 fully saturated rings. The minimum atomic E-state index is -0.276. The summed E-state index contributed by atoms with van der Waals surface area (Å²) >= 11 is 0. The van der Waals surface area contributed by atoms with Crippen LogP contribution in [0.1, 0.15) is 36.1 Å². The van der Waals surface area contributed by atoms with E-state index in [9.17, 15) is 4.79 Å². The van der Waals surface area contributed by atoms with Gasteiger partial charge in [0.1, 0.15) is 23.1 Å². The van der Waals surface area contributed by atoms with E-state index < -0.39 is 0 Å². The Bertz CT molecular complexity index is 713. The number of nitrogens with zero attached hydrogens (tertiary/aromatic N) is 2. The molecule has 0 bridgehead atoms. The molecule has 0 unspecified atom stereocenters. The number of anilines is 2. The van der Waals surface area contributed by atoms with E-state index in [1.54, 1.807) is 19.1 Å². The van der Waals surface area contributed by atoms with Gasteiger partial charge in [-0.15, -0.1) is 0 Å². The maximum absolute atomic E-state index is 12.5. The molecule has 0 aliphatic heterocycles. The molecule has 2 N–H and O–H groups in total. The van der Waals surface area contributed by atoms with E-state index in [2.05, 4.69) is 20.6 Å². The van der Waals surface area contributed by atoms with Gasteiger partial charge in [-0.2, -0.15) is 0 Å². The number of benzene rings is 1. The van der Waals surface area contributed by atoms with Gasteiger partial charge in [0.15, 0.2) is 0 Å². The number of rotatable bonds is 6. The Labute approximate surface area is 135 Å². The van der Waals surface area contributed by atoms with Crippen molar-refractivity contribution in [3.63, 3.8) is 0 Å². The van der Waals surface area contributed by atoms with Crippen molar-refractivity contribution in [2.45, 2.75) is 32.7 Å². The summed E-state index contributed by atoms with van der Waals surface area (Å²) in [5.41, 5.74) is 0.972. The second-order valence-electron chi connectivity index (χ2n) is 5.49. The number of para-hydroxylation sites is 2. The van der Waals surface area contributed by atoms with Gasteiger partial charge in [-0.1, -0.05) is 12.1 Å². The number of carbonyl (C=O) groups is 1. The predicted molar refractivity (Wildman–Crippen MR) is 89.0 cm³/mol. The average Bonchev–Trinajstić information content (AvgIpc) is 3.33. The predicted octanol–water partition coefficient (Wildman–Crippen LogP) is 3.01. The van der Waals surface area contributed by atoms with Crippen LogP contribution in [-0.4, -0.2) is 28.5 Å². The molecule has 6 heteroatoms. The molecule has 1 aromatic heterocycles. The zero-order valence-electron chi connectivity index (χ0n) is 13.3. The number of aryl methyl sites for hydroxylation is 1. The second-order valence-corrected chi connectivity index (χ2v) is 5.49. The Morgan fingerprint density at radius 1 is 1.30 bits per heavy atom. The van der Waals surface area contributed by atoms with Crippen molar-refractivity contribution >= 4 is 17.4 Å². The number of aromatic nitrogens is 2. The van der Waals surface area contributed by atoms with Crippen LogP contribution >= 0.6 is 0 Å². The van der Waals surface area contributed by atoms with Crippen molar-refractivity contribution in [3.8, 4) is 5.75 Å². The lowest BCUT2D eigenvalue weighted by atomic mass is 10.2. The third-order valence-corrected chi connectivity index (χ3v) is 3.44. The van der Waals surface area contributed by atoms with Gasteiger partial charge in [0.2, 0.25) is 0 Å². The van der Waals surface area contributed by atoms with Gasteiger partial charge in [0.05, 0.1) is 12.3 Å². The smallest absolute Gasteiger partial charge is 0.274 e. The van der Waals surface area contributed by atoms with E-state index in [0.29, 0.717) is 41.4 Å². The summed E-state index contributed by atoms with van der Waals surface area (Å²) in [4.78, 5) is 21.0. The summed E-state index contributed by atoms with van der Waals surface area (Å²) in [6, 6.07) is 9.50. The lowest BCUT2D eigenvalue weighted by Crippen LogP contribution is -2.16. The molecular weight excluding hydrogens is 292 g/mol. The molecule has 1 heterocycles. The van der Waals surface area contributed by atoms with E-state index >= 15 is 0 Å². The van der Waals surface area contributed by atoms with Gasteiger partial charge in [0, 0.05) is 12.1 Å². The van der Waals surface area contributed by atoms with Crippen molar-refractivity contribution in [2.24, 2.45) is 0 Å². The molecule has 1 aliphatic rings. The largest absolute Gasteiger partial charge is 0.492 e. The van der Waals surface area contributed by atoms with Gasteiger partial charge in [0.25, 0.3) is 5.91 Å². The summed E-state index contributed by atoms with van der Waals surface area (Å²) in [6.45, 7) is 4.22. The van der Waals surface area contributed by atoms with Gasteiger partial charge in [-0.25, -0.2) is 9.97 Å². The van der Waals surface area contributed by atoms with Gasteiger partial charge in [-0.05, 0) is 38.8 Å². The van der Waals surface area contributed by atoms with Crippen LogP contribution in [0.4, 0.5) is 11.5 Å². The number of nitrogens with one attached hydrogen (secondary N) is 2. The molecule has 0 radical (unpaired) electrons. The van der Waals surface area contributed by atoms with Crippen molar-refractivity contribution < 1.29 is 9.53 Å². The van der Waals surface area contributed by atoms with Gasteiger partial charge in [-0.3, -0.25) is 4.79 Å². The van der Waals surface area contributed by atoms with E-state index in [0.717, 1.165) is 12.8 Å². The molecule has 1 saturated carbocycles. The summed E-state index contributed by atoms with van der Waals surface area (Å²) in [5.74, 6) is 1.63. The highest BCUT2D eigenvalue weighted by Gasteiger charge is 2.22. The van der Waals surface area contributed by atoms with Crippen molar-refractivity contribution in [2.75, 3.05) is 17.2 Å². The van der Waals surface area contributed by atoms with Gasteiger partial charge >= 0.3 is 0 Å². The van der Waals surface area contributed by atoms with Crippen LogP contribution in [0.5, 0.6) is 5.75 Å².